The summed E-state index contributed by atoms with van der Waals surface area (Å²) < 4.78 is 45.4. The van der Waals surface area contributed by atoms with Crippen molar-refractivity contribution in [3.63, 3.8) is 0 Å². The lowest BCUT2D eigenvalue weighted by molar-refractivity contribution is -0.258. The minimum atomic E-state index is -5.15. The third-order valence-corrected chi connectivity index (χ3v) is 9.23. The van der Waals surface area contributed by atoms with Crippen molar-refractivity contribution in [3.05, 3.63) is 87.5 Å². The molecule has 0 radical (unpaired) electrons. The molecule has 2 heterocycles. The van der Waals surface area contributed by atoms with Crippen molar-refractivity contribution in [2.45, 2.75) is 57.5 Å². The van der Waals surface area contributed by atoms with Gasteiger partial charge in [-0.3, -0.25) is 14.4 Å². The lowest BCUT2D eigenvalue weighted by Gasteiger charge is -2.38. The van der Waals surface area contributed by atoms with Crippen LogP contribution in [0.5, 0.6) is 0 Å². The van der Waals surface area contributed by atoms with Gasteiger partial charge >= 0.3 is 6.18 Å². The number of nitrogens with zero attached hydrogens (tertiary/aromatic N) is 4. The molecule has 1 unspecified atom stereocenters. The summed E-state index contributed by atoms with van der Waals surface area (Å²) in [6.07, 6.45) is -2.54. The van der Waals surface area contributed by atoms with Gasteiger partial charge in [0.25, 0.3) is 11.8 Å². The third kappa shape index (κ3) is 7.19. The largest absolute Gasteiger partial charge is 0.420 e. The fourth-order valence-corrected chi connectivity index (χ4v) is 6.52. The van der Waals surface area contributed by atoms with Gasteiger partial charge in [0.15, 0.2) is 5.60 Å². The van der Waals surface area contributed by atoms with E-state index in [1.165, 1.54) is 43.1 Å². The number of benzene rings is 3. The summed E-state index contributed by atoms with van der Waals surface area (Å²) in [7, 11) is 0. The Morgan fingerprint density at radius 2 is 1.78 bits per heavy atom. The summed E-state index contributed by atoms with van der Waals surface area (Å²) in [5.74, 6) is -1.78. The zero-order chi connectivity index (χ0) is 35.8. The molecule has 10 nitrogen and oxygen atoms in total. The van der Waals surface area contributed by atoms with Crippen molar-refractivity contribution in [1.82, 2.24) is 19.6 Å². The molecular formula is C34H35Cl2F3N6O4. The van der Waals surface area contributed by atoms with E-state index in [-0.39, 0.29) is 27.2 Å². The number of aryl methyl sites for hydroxylation is 1. The molecule has 4 aromatic rings. The Morgan fingerprint density at radius 3 is 2.41 bits per heavy atom. The first-order valence-corrected chi connectivity index (χ1v) is 16.2. The van der Waals surface area contributed by atoms with Gasteiger partial charge in [-0.1, -0.05) is 35.3 Å². The lowest BCUT2D eigenvalue weighted by Crippen LogP contribution is -2.59. The van der Waals surface area contributed by atoms with Crippen molar-refractivity contribution in [1.29, 1.82) is 0 Å². The number of rotatable bonds is 10. The number of anilines is 1. The van der Waals surface area contributed by atoms with Crippen LogP contribution in [0.1, 0.15) is 53.0 Å². The molecule has 1 fully saturated rings. The number of aromatic nitrogens is 2. The third-order valence-electron chi connectivity index (χ3n) is 8.60. The van der Waals surface area contributed by atoms with E-state index in [4.69, 9.17) is 28.9 Å². The molecule has 3 amide bonds. The van der Waals surface area contributed by atoms with Gasteiger partial charge in [-0.15, -0.1) is 0 Å². The Bertz CT molecular complexity index is 1900. The van der Waals surface area contributed by atoms with E-state index in [0.29, 0.717) is 47.1 Å². The second-order valence-electron chi connectivity index (χ2n) is 12.4. The zero-order valence-electron chi connectivity index (χ0n) is 26.9. The van der Waals surface area contributed by atoms with Gasteiger partial charge in [0.1, 0.15) is 6.04 Å². The van der Waals surface area contributed by atoms with E-state index in [0.717, 1.165) is 4.90 Å². The maximum absolute atomic E-state index is 14.6. The Labute approximate surface area is 290 Å². The van der Waals surface area contributed by atoms with Crippen molar-refractivity contribution in [3.8, 4) is 5.69 Å². The highest BCUT2D eigenvalue weighted by atomic mass is 35.5. The number of likely N-dealkylation sites (tertiary alicyclic amines) is 1. The number of hydrogen-bond acceptors (Lipinski definition) is 6. The molecule has 0 saturated carbocycles. The van der Waals surface area contributed by atoms with E-state index in [1.807, 2.05) is 0 Å². The Kier molecular flexibility index (Phi) is 10.2. The Balaban J connectivity index is 1.44. The molecule has 15 heteroatoms. The van der Waals surface area contributed by atoms with E-state index < -0.39 is 48.8 Å². The number of fused-ring (bicyclic) bond motifs is 1. The average Bonchev–Trinajstić information content (AvgIpc) is 3.69. The number of aliphatic hydroxyl groups is 1. The summed E-state index contributed by atoms with van der Waals surface area (Å²) in [4.78, 5) is 41.0. The van der Waals surface area contributed by atoms with Crippen LogP contribution in [-0.2, 0) is 4.79 Å². The fraction of sp³-hybridized carbons (Fsp3) is 0.353. The molecule has 260 valence electrons. The van der Waals surface area contributed by atoms with Crippen LogP contribution in [0.15, 0.2) is 60.8 Å². The smallest absolute Gasteiger partial charge is 0.381 e. The predicted molar refractivity (Wildman–Crippen MR) is 181 cm³/mol. The number of halogens is 5. The van der Waals surface area contributed by atoms with E-state index >= 15 is 0 Å². The predicted octanol–water partition coefficient (Wildman–Crippen LogP) is 5.99. The van der Waals surface area contributed by atoms with Crippen molar-refractivity contribution < 1.29 is 32.7 Å². The molecule has 0 spiro atoms. The summed E-state index contributed by atoms with van der Waals surface area (Å²) in [5.41, 5.74) is 4.22. The number of alkyl halides is 3. The molecule has 1 saturated heterocycles. The molecule has 49 heavy (non-hydrogen) atoms. The number of amides is 3. The molecule has 1 aromatic heterocycles. The van der Waals surface area contributed by atoms with Gasteiger partial charge in [0, 0.05) is 29.2 Å². The minimum Gasteiger partial charge on any atom is -0.381 e. The maximum Gasteiger partial charge on any atom is 0.420 e. The van der Waals surface area contributed by atoms with Gasteiger partial charge < -0.3 is 26.0 Å². The molecule has 2 atom stereocenters. The lowest BCUT2D eigenvalue weighted by atomic mass is 10.00. The Hall–Kier alpha value is -4.33. The average molecular weight is 720 g/mol. The summed E-state index contributed by atoms with van der Waals surface area (Å²) in [6.45, 7) is 3.08. The van der Waals surface area contributed by atoms with Gasteiger partial charge in [-0.25, -0.2) is 4.68 Å². The van der Waals surface area contributed by atoms with Gasteiger partial charge in [0.2, 0.25) is 5.91 Å². The molecule has 1 aliphatic heterocycles. The highest BCUT2D eigenvalue weighted by Gasteiger charge is 2.55. The topological polar surface area (TPSA) is 134 Å². The van der Waals surface area contributed by atoms with Crippen LogP contribution < -0.4 is 11.1 Å². The van der Waals surface area contributed by atoms with Crippen LogP contribution in [0.4, 0.5) is 18.9 Å². The SMILES string of the molecule is Cc1cc(NCC(O)(CN(C(=O)c2c(Cl)cccc2Cl)C(C)C)C(F)(F)F)c2cnn(-c3cccc(C(=O)N4CCC[C@@H]4C(N)=O)c3)c2c1. The first kappa shape index (κ1) is 36.0. The first-order valence-electron chi connectivity index (χ1n) is 15.5. The second-order valence-corrected chi connectivity index (χ2v) is 13.2. The molecule has 0 bridgehead atoms. The molecule has 1 aliphatic rings. The van der Waals surface area contributed by atoms with Crippen molar-refractivity contribution >= 4 is 57.5 Å². The number of nitrogens with one attached hydrogen (secondary N) is 1. The molecule has 0 aliphatic carbocycles. The summed E-state index contributed by atoms with van der Waals surface area (Å²) in [6, 6.07) is 12.9. The van der Waals surface area contributed by atoms with Crippen LogP contribution >= 0.6 is 23.2 Å². The maximum atomic E-state index is 14.6. The molecule has 3 aromatic carbocycles. The minimum absolute atomic E-state index is 0.0307. The number of carbonyl (C=O) groups excluding carboxylic acids is 3. The van der Waals surface area contributed by atoms with Crippen LogP contribution in [0.2, 0.25) is 10.0 Å². The van der Waals surface area contributed by atoms with Gasteiger partial charge in [-0.2, -0.15) is 18.3 Å². The van der Waals surface area contributed by atoms with Crippen LogP contribution in [-0.4, -0.2) is 85.9 Å². The molecule has 4 N–H and O–H groups in total. The number of primary amides is 1. The quantitative estimate of drug-likeness (QED) is 0.185. The standard InChI is InChI=1S/C34H35Cl2F3N6O4/c1-19(2)44(32(48)29-24(35)9-5-10-25(29)36)18-33(49,34(37,38)39)17-41-26-13-20(3)14-28-23(26)16-42-45(28)22-8-4-7-21(15-22)31(47)43-12-6-11-27(43)30(40)46/h4-5,7-10,13-16,19,27,41,49H,6,11-12,17-18H2,1-3H3,(H2,40,46)/t27-,33?/m1/s1. The highest BCUT2D eigenvalue weighted by Crippen LogP contribution is 2.35. The van der Waals surface area contributed by atoms with Crippen molar-refractivity contribution in [2.75, 3.05) is 25.0 Å². The van der Waals surface area contributed by atoms with Gasteiger partial charge in [0.05, 0.1) is 46.1 Å². The summed E-state index contributed by atoms with van der Waals surface area (Å²) in [5, 5.41) is 18.8. The first-order chi connectivity index (χ1) is 23.0. The van der Waals surface area contributed by atoms with Gasteiger partial charge in [-0.05, 0) is 81.6 Å². The van der Waals surface area contributed by atoms with Crippen LogP contribution in [0, 0.1) is 6.92 Å². The second kappa shape index (κ2) is 13.9. The monoisotopic (exact) mass is 718 g/mol. The van der Waals surface area contributed by atoms with E-state index in [1.54, 1.807) is 48.0 Å². The highest BCUT2D eigenvalue weighted by molar-refractivity contribution is 6.39. The molecular weight excluding hydrogens is 684 g/mol. The number of carbonyl (C=O) groups is 3. The fourth-order valence-electron chi connectivity index (χ4n) is 5.96. The molecule has 5 rings (SSSR count). The van der Waals surface area contributed by atoms with Crippen LogP contribution in [0.25, 0.3) is 16.6 Å². The summed E-state index contributed by atoms with van der Waals surface area (Å²) >= 11 is 12.4. The van der Waals surface area contributed by atoms with E-state index in [2.05, 4.69) is 10.4 Å². The zero-order valence-corrected chi connectivity index (χ0v) is 28.4. The number of nitrogens with two attached hydrogens (primary N) is 1. The van der Waals surface area contributed by atoms with Crippen molar-refractivity contribution in [2.24, 2.45) is 5.73 Å². The van der Waals surface area contributed by atoms with E-state index in [9.17, 15) is 32.7 Å². The number of hydrogen-bond donors (Lipinski definition) is 3. The normalized spacial score (nSPS) is 16.2. The Morgan fingerprint density at radius 1 is 1.10 bits per heavy atom. The van der Waals surface area contributed by atoms with Crippen LogP contribution in [0.3, 0.4) is 0 Å².